The van der Waals surface area contributed by atoms with Crippen molar-refractivity contribution in [2.24, 2.45) is 0 Å². The molecule has 1 aromatic heterocycles. The number of hydrogen-bond donors (Lipinski definition) is 1. The summed E-state index contributed by atoms with van der Waals surface area (Å²) in [5, 5.41) is 6.92. The van der Waals surface area contributed by atoms with E-state index in [2.05, 4.69) is 10.4 Å². The number of nitrogens with one attached hydrogen (secondary N) is 1. The van der Waals surface area contributed by atoms with Gasteiger partial charge in [0.25, 0.3) is 5.91 Å². The lowest BCUT2D eigenvalue weighted by atomic mass is 10.0. The molecular weight excluding hydrogens is 369 g/mol. The normalized spacial score (nSPS) is 17.7. The summed E-state index contributed by atoms with van der Waals surface area (Å²) in [6.45, 7) is 0.841. The molecule has 142 valence electrons. The van der Waals surface area contributed by atoms with Crippen LogP contribution >= 0.6 is 12.4 Å². The van der Waals surface area contributed by atoms with Crippen LogP contribution in [0.5, 0.6) is 0 Å². The predicted octanol–water partition coefficient (Wildman–Crippen LogP) is 3.14. The minimum atomic E-state index is -4.68. The number of amides is 1. The van der Waals surface area contributed by atoms with Crippen molar-refractivity contribution in [2.45, 2.75) is 25.1 Å². The first-order valence-corrected chi connectivity index (χ1v) is 8.09. The van der Waals surface area contributed by atoms with Gasteiger partial charge in [0.1, 0.15) is 0 Å². The summed E-state index contributed by atoms with van der Waals surface area (Å²) in [5.41, 5.74) is -1.18. The van der Waals surface area contributed by atoms with Gasteiger partial charge in [-0.3, -0.25) is 4.79 Å². The number of likely N-dealkylation sites (tertiary alicyclic amines) is 1. The van der Waals surface area contributed by atoms with Crippen molar-refractivity contribution in [1.82, 2.24) is 20.0 Å². The standard InChI is InChI=1S/C17H19F3N4O.ClH/c1-21-12-6-5-9-23(11-12)16(25)14-10-22-24(15(14)17(18,19)20)13-7-3-2-4-8-13;/h2-4,7-8,10,12,21H,5-6,9,11H2,1H3;1H. The third-order valence-corrected chi connectivity index (χ3v) is 4.39. The molecule has 0 spiro atoms. The van der Waals surface area contributed by atoms with Crippen molar-refractivity contribution >= 4 is 18.3 Å². The molecule has 2 heterocycles. The first-order chi connectivity index (χ1) is 11.9. The Morgan fingerprint density at radius 2 is 1.96 bits per heavy atom. The second kappa shape index (κ2) is 8.09. The van der Waals surface area contributed by atoms with Gasteiger partial charge >= 0.3 is 6.18 Å². The van der Waals surface area contributed by atoms with E-state index >= 15 is 0 Å². The second-order valence-electron chi connectivity index (χ2n) is 6.03. The first kappa shape index (κ1) is 20.3. The topological polar surface area (TPSA) is 50.2 Å². The van der Waals surface area contributed by atoms with Crippen molar-refractivity contribution in [3.8, 4) is 5.69 Å². The highest BCUT2D eigenvalue weighted by atomic mass is 35.5. The molecule has 1 saturated heterocycles. The van der Waals surface area contributed by atoms with E-state index in [1.54, 1.807) is 25.2 Å². The third kappa shape index (κ3) is 4.02. The van der Waals surface area contributed by atoms with Gasteiger partial charge in [-0.05, 0) is 32.0 Å². The molecule has 3 rings (SSSR count). The van der Waals surface area contributed by atoms with Crippen LogP contribution in [0.15, 0.2) is 36.5 Å². The van der Waals surface area contributed by atoms with Gasteiger partial charge in [-0.15, -0.1) is 12.4 Å². The van der Waals surface area contributed by atoms with Crippen LogP contribution in [-0.4, -0.2) is 46.8 Å². The van der Waals surface area contributed by atoms with Gasteiger partial charge in [-0.2, -0.15) is 18.3 Å². The number of benzene rings is 1. The smallest absolute Gasteiger partial charge is 0.337 e. The van der Waals surface area contributed by atoms with Crippen LogP contribution in [0.2, 0.25) is 0 Å². The van der Waals surface area contributed by atoms with Crippen LogP contribution in [-0.2, 0) is 6.18 Å². The fourth-order valence-corrected chi connectivity index (χ4v) is 3.11. The molecule has 0 radical (unpaired) electrons. The predicted molar refractivity (Wildman–Crippen MR) is 93.8 cm³/mol. The van der Waals surface area contributed by atoms with Crippen LogP contribution in [0, 0.1) is 0 Å². The number of likely N-dealkylation sites (N-methyl/N-ethyl adjacent to an activating group) is 1. The van der Waals surface area contributed by atoms with Crippen molar-refractivity contribution < 1.29 is 18.0 Å². The summed E-state index contributed by atoms with van der Waals surface area (Å²) < 4.78 is 41.7. The van der Waals surface area contributed by atoms with E-state index in [1.165, 1.54) is 17.0 Å². The van der Waals surface area contributed by atoms with E-state index in [1.807, 2.05) is 0 Å². The number of hydrogen-bond acceptors (Lipinski definition) is 3. The van der Waals surface area contributed by atoms with Gasteiger partial charge in [-0.1, -0.05) is 18.2 Å². The molecule has 1 amide bonds. The summed E-state index contributed by atoms with van der Waals surface area (Å²) in [4.78, 5) is 14.2. The fraction of sp³-hybridized carbons (Fsp3) is 0.412. The van der Waals surface area contributed by atoms with Crippen LogP contribution < -0.4 is 5.32 Å². The molecule has 1 unspecified atom stereocenters. The summed E-state index contributed by atoms with van der Waals surface area (Å²) >= 11 is 0. The Morgan fingerprint density at radius 1 is 1.27 bits per heavy atom. The van der Waals surface area contributed by atoms with Crippen molar-refractivity contribution in [1.29, 1.82) is 0 Å². The first-order valence-electron chi connectivity index (χ1n) is 8.09. The van der Waals surface area contributed by atoms with Crippen molar-refractivity contribution in [3.63, 3.8) is 0 Å². The molecule has 9 heteroatoms. The van der Waals surface area contributed by atoms with Crippen LogP contribution in [0.3, 0.4) is 0 Å². The van der Waals surface area contributed by atoms with E-state index in [-0.39, 0.29) is 24.1 Å². The molecule has 5 nitrogen and oxygen atoms in total. The summed E-state index contributed by atoms with van der Waals surface area (Å²) in [6, 6.07) is 8.10. The lowest BCUT2D eigenvalue weighted by Gasteiger charge is -2.32. The number of halogens is 4. The Bertz CT molecular complexity index is 748. The van der Waals surface area contributed by atoms with E-state index < -0.39 is 23.3 Å². The Hall–Kier alpha value is -2.06. The highest BCUT2D eigenvalue weighted by Crippen LogP contribution is 2.34. The lowest BCUT2D eigenvalue weighted by molar-refractivity contribution is -0.143. The number of carbonyl (C=O) groups is 1. The number of aromatic nitrogens is 2. The van der Waals surface area contributed by atoms with E-state index in [0.29, 0.717) is 13.1 Å². The van der Waals surface area contributed by atoms with Crippen LogP contribution in [0.4, 0.5) is 13.2 Å². The van der Waals surface area contributed by atoms with Crippen molar-refractivity contribution in [2.75, 3.05) is 20.1 Å². The monoisotopic (exact) mass is 388 g/mol. The summed E-state index contributed by atoms with van der Waals surface area (Å²) in [7, 11) is 1.78. The summed E-state index contributed by atoms with van der Waals surface area (Å²) in [6.07, 6.45) is -2.02. The zero-order chi connectivity index (χ0) is 18.0. The largest absolute Gasteiger partial charge is 0.434 e. The Balaban J connectivity index is 0.00000243. The Kier molecular flexibility index (Phi) is 6.30. The molecule has 1 aliphatic heterocycles. The zero-order valence-electron chi connectivity index (χ0n) is 14.2. The quantitative estimate of drug-likeness (QED) is 0.878. The molecule has 1 N–H and O–H groups in total. The fourth-order valence-electron chi connectivity index (χ4n) is 3.11. The second-order valence-corrected chi connectivity index (χ2v) is 6.03. The van der Waals surface area contributed by atoms with E-state index in [0.717, 1.165) is 23.7 Å². The summed E-state index contributed by atoms with van der Waals surface area (Å²) in [5.74, 6) is -0.630. The van der Waals surface area contributed by atoms with Crippen LogP contribution in [0.1, 0.15) is 28.9 Å². The zero-order valence-corrected chi connectivity index (χ0v) is 15.0. The number of carbonyl (C=O) groups excluding carboxylic acids is 1. The molecule has 0 saturated carbocycles. The third-order valence-electron chi connectivity index (χ3n) is 4.39. The average Bonchev–Trinajstić information content (AvgIpc) is 3.07. The molecule has 26 heavy (non-hydrogen) atoms. The maximum absolute atomic E-state index is 13.7. The minimum Gasteiger partial charge on any atom is -0.337 e. The van der Waals surface area contributed by atoms with Gasteiger partial charge in [0.2, 0.25) is 0 Å². The number of piperidine rings is 1. The molecule has 1 atom stereocenters. The van der Waals surface area contributed by atoms with Gasteiger partial charge in [0.05, 0.1) is 17.4 Å². The van der Waals surface area contributed by atoms with Gasteiger partial charge in [-0.25, -0.2) is 4.68 Å². The highest BCUT2D eigenvalue weighted by Gasteiger charge is 2.41. The van der Waals surface area contributed by atoms with E-state index in [9.17, 15) is 18.0 Å². The number of para-hydroxylation sites is 1. The minimum absolute atomic E-state index is 0. The van der Waals surface area contributed by atoms with Gasteiger partial charge in [0.15, 0.2) is 5.69 Å². The molecule has 1 fully saturated rings. The number of rotatable bonds is 3. The molecule has 1 aromatic carbocycles. The van der Waals surface area contributed by atoms with Gasteiger partial charge < -0.3 is 10.2 Å². The van der Waals surface area contributed by atoms with Crippen LogP contribution in [0.25, 0.3) is 5.69 Å². The highest BCUT2D eigenvalue weighted by molar-refractivity contribution is 5.95. The van der Waals surface area contributed by atoms with Gasteiger partial charge in [0, 0.05) is 19.1 Å². The van der Waals surface area contributed by atoms with E-state index in [4.69, 9.17) is 0 Å². The Labute approximate surface area is 155 Å². The molecule has 1 aliphatic rings. The molecule has 2 aromatic rings. The number of nitrogens with zero attached hydrogens (tertiary/aromatic N) is 3. The van der Waals surface area contributed by atoms with Crippen molar-refractivity contribution in [3.05, 3.63) is 47.8 Å². The maximum atomic E-state index is 13.7. The Morgan fingerprint density at radius 3 is 2.58 bits per heavy atom. The molecule has 0 aliphatic carbocycles. The lowest BCUT2D eigenvalue weighted by Crippen LogP contribution is -2.47. The molecular formula is C17H20ClF3N4O. The SMILES string of the molecule is CNC1CCCN(C(=O)c2cnn(-c3ccccc3)c2C(F)(F)F)C1.Cl. The maximum Gasteiger partial charge on any atom is 0.434 e. The average molecular weight is 389 g/mol. The number of alkyl halides is 3. The molecule has 0 bridgehead atoms.